The van der Waals surface area contributed by atoms with E-state index in [-0.39, 0.29) is 12.4 Å². The average molecular weight is 342 g/mol. The normalized spacial score (nSPS) is 25.5. The van der Waals surface area contributed by atoms with Crippen molar-refractivity contribution >= 4 is 35.1 Å². The molecule has 2 aliphatic rings. The molecule has 6 heteroatoms. The first-order valence-electron chi connectivity index (χ1n) is 7.25. The molecule has 2 fully saturated rings. The van der Waals surface area contributed by atoms with Crippen molar-refractivity contribution in [3.05, 3.63) is 28.6 Å². The highest BCUT2D eigenvalue weighted by atomic mass is 35.5. The molecule has 2 aliphatic heterocycles. The Labute approximate surface area is 139 Å². The van der Waals surface area contributed by atoms with Crippen LogP contribution in [0.1, 0.15) is 17.7 Å². The van der Waals surface area contributed by atoms with E-state index in [0.29, 0.717) is 5.41 Å². The van der Waals surface area contributed by atoms with Crippen LogP contribution in [0.2, 0.25) is 0 Å². The molecule has 0 amide bonds. The number of aromatic nitrogens is 1. The lowest BCUT2D eigenvalue weighted by molar-refractivity contribution is 0.270. The van der Waals surface area contributed by atoms with Gasteiger partial charge in [-0.05, 0) is 42.8 Å². The summed E-state index contributed by atoms with van der Waals surface area (Å²) in [5.41, 5.74) is 0.571. The number of rotatable bonds is 3. The minimum absolute atomic E-state index is 0. The monoisotopic (exact) mass is 341 g/mol. The maximum absolute atomic E-state index is 4.58. The molecule has 0 bridgehead atoms. The van der Waals surface area contributed by atoms with Crippen molar-refractivity contribution in [1.82, 2.24) is 15.2 Å². The summed E-state index contributed by atoms with van der Waals surface area (Å²) in [6.07, 6.45) is 4.78. The van der Waals surface area contributed by atoms with Gasteiger partial charge in [-0.2, -0.15) is 0 Å². The summed E-state index contributed by atoms with van der Waals surface area (Å²) in [4.78, 5) is 9.88. The van der Waals surface area contributed by atoms with Crippen LogP contribution in [-0.4, -0.2) is 36.1 Å². The van der Waals surface area contributed by atoms with E-state index in [9.17, 15) is 0 Å². The fraction of sp³-hybridized carbons (Fsp3) is 0.533. The van der Waals surface area contributed by atoms with Gasteiger partial charge >= 0.3 is 0 Å². The van der Waals surface area contributed by atoms with Crippen LogP contribution in [0.5, 0.6) is 0 Å². The number of thiophene rings is 1. The Bertz CT molecular complexity index is 576. The zero-order valence-electron chi connectivity index (χ0n) is 11.9. The highest BCUT2D eigenvalue weighted by Crippen LogP contribution is 2.37. The Kier molecular flexibility index (Phi) is 4.66. The van der Waals surface area contributed by atoms with Crippen molar-refractivity contribution in [3.63, 3.8) is 0 Å². The molecular formula is C15H20ClN3S2. The third-order valence-electron chi connectivity index (χ3n) is 4.51. The van der Waals surface area contributed by atoms with Gasteiger partial charge in [0.05, 0.1) is 4.88 Å². The molecule has 0 aliphatic carbocycles. The molecule has 1 spiro atoms. The van der Waals surface area contributed by atoms with Gasteiger partial charge in [-0.25, -0.2) is 4.98 Å². The molecule has 0 saturated carbocycles. The lowest BCUT2D eigenvalue weighted by Crippen LogP contribution is -2.28. The van der Waals surface area contributed by atoms with E-state index in [0.717, 1.165) is 6.54 Å². The van der Waals surface area contributed by atoms with Gasteiger partial charge in [0, 0.05) is 30.7 Å². The van der Waals surface area contributed by atoms with Crippen molar-refractivity contribution in [3.8, 4) is 9.88 Å². The molecule has 114 valence electrons. The Hall–Kier alpha value is -0.460. The molecular weight excluding hydrogens is 322 g/mol. The minimum atomic E-state index is 0. The molecule has 4 heterocycles. The van der Waals surface area contributed by atoms with E-state index < -0.39 is 0 Å². The number of nitrogens with one attached hydrogen (secondary N) is 1. The first-order chi connectivity index (χ1) is 9.83. The van der Waals surface area contributed by atoms with Gasteiger partial charge < -0.3 is 5.32 Å². The van der Waals surface area contributed by atoms with Gasteiger partial charge in [-0.1, -0.05) is 6.07 Å². The lowest BCUT2D eigenvalue weighted by Gasteiger charge is -2.22. The van der Waals surface area contributed by atoms with E-state index in [1.54, 1.807) is 11.3 Å². The quantitative estimate of drug-likeness (QED) is 0.926. The largest absolute Gasteiger partial charge is 0.316 e. The van der Waals surface area contributed by atoms with Crippen molar-refractivity contribution in [2.75, 3.05) is 26.2 Å². The van der Waals surface area contributed by atoms with Gasteiger partial charge in [0.1, 0.15) is 5.01 Å². The SMILES string of the molecule is Cl.c1csc(-c2ncc(CN3CCC4(CCNC4)C3)s2)c1. The van der Waals surface area contributed by atoms with E-state index in [2.05, 4.69) is 38.9 Å². The summed E-state index contributed by atoms with van der Waals surface area (Å²) >= 11 is 3.62. The maximum atomic E-state index is 4.58. The number of likely N-dealkylation sites (tertiary alicyclic amines) is 1. The molecule has 2 aromatic rings. The predicted molar refractivity (Wildman–Crippen MR) is 92.5 cm³/mol. The standard InChI is InChI=1S/C15H19N3S2.ClH/c1-2-13(19-7-1)14-17-8-12(20-14)9-18-6-4-15(11-18)3-5-16-10-15;/h1-2,7-8,16H,3-6,9-11H2;1H. The van der Waals surface area contributed by atoms with Crippen LogP contribution in [0.4, 0.5) is 0 Å². The number of thiazole rings is 1. The number of hydrogen-bond acceptors (Lipinski definition) is 5. The van der Waals surface area contributed by atoms with E-state index in [4.69, 9.17) is 0 Å². The highest BCUT2D eigenvalue weighted by Gasteiger charge is 2.40. The fourth-order valence-electron chi connectivity index (χ4n) is 3.42. The highest BCUT2D eigenvalue weighted by molar-refractivity contribution is 7.20. The van der Waals surface area contributed by atoms with Gasteiger partial charge in [0.25, 0.3) is 0 Å². The van der Waals surface area contributed by atoms with Crippen LogP contribution < -0.4 is 5.32 Å². The van der Waals surface area contributed by atoms with Crippen LogP contribution in [0.15, 0.2) is 23.7 Å². The van der Waals surface area contributed by atoms with Crippen LogP contribution in [0.3, 0.4) is 0 Å². The minimum Gasteiger partial charge on any atom is -0.316 e. The Morgan fingerprint density at radius 2 is 2.33 bits per heavy atom. The second-order valence-electron chi connectivity index (χ2n) is 6.00. The van der Waals surface area contributed by atoms with Gasteiger partial charge in [0.2, 0.25) is 0 Å². The maximum Gasteiger partial charge on any atom is 0.133 e. The van der Waals surface area contributed by atoms with Crippen molar-refractivity contribution in [2.45, 2.75) is 19.4 Å². The summed E-state index contributed by atoms with van der Waals surface area (Å²) in [5.74, 6) is 0. The molecule has 0 aromatic carbocycles. The molecule has 1 N–H and O–H groups in total. The first-order valence-corrected chi connectivity index (χ1v) is 8.94. The number of nitrogens with zero attached hydrogens (tertiary/aromatic N) is 2. The summed E-state index contributed by atoms with van der Waals surface area (Å²) in [6.45, 7) is 5.99. The van der Waals surface area contributed by atoms with Crippen molar-refractivity contribution in [2.24, 2.45) is 5.41 Å². The smallest absolute Gasteiger partial charge is 0.133 e. The molecule has 4 rings (SSSR count). The lowest BCUT2D eigenvalue weighted by atomic mass is 9.87. The van der Waals surface area contributed by atoms with Gasteiger partial charge in [-0.15, -0.1) is 35.1 Å². The zero-order chi connectivity index (χ0) is 13.4. The summed E-state index contributed by atoms with van der Waals surface area (Å²) in [7, 11) is 0. The van der Waals surface area contributed by atoms with Crippen LogP contribution in [0, 0.1) is 5.41 Å². The molecule has 2 saturated heterocycles. The van der Waals surface area contributed by atoms with Crippen LogP contribution in [0.25, 0.3) is 9.88 Å². The van der Waals surface area contributed by atoms with E-state index >= 15 is 0 Å². The number of halogens is 1. The predicted octanol–water partition coefficient (Wildman–Crippen LogP) is 3.48. The Balaban J connectivity index is 0.00000132. The molecule has 2 aromatic heterocycles. The summed E-state index contributed by atoms with van der Waals surface area (Å²) in [5, 5.41) is 6.82. The molecule has 21 heavy (non-hydrogen) atoms. The first kappa shape index (κ1) is 15.4. The zero-order valence-corrected chi connectivity index (χ0v) is 14.3. The third kappa shape index (κ3) is 3.17. The van der Waals surface area contributed by atoms with Crippen molar-refractivity contribution < 1.29 is 0 Å². The molecule has 1 unspecified atom stereocenters. The third-order valence-corrected chi connectivity index (χ3v) is 6.54. The second-order valence-corrected chi connectivity index (χ2v) is 8.06. The summed E-state index contributed by atoms with van der Waals surface area (Å²) < 4.78 is 0. The molecule has 3 nitrogen and oxygen atoms in total. The molecule has 0 radical (unpaired) electrons. The summed E-state index contributed by atoms with van der Waals surface area (Å²) in [6, 6.07) is 4.25. The van der Waals surface area contributed by atoms with Crippen LogP contribution in [-0.2, 0) is 6.54 Å². The topological polar surface area (TPSA) is 28.2 Å². The van der Waals surface area contributed by atoms with Crippen molar-refractivity contribution in [1.29, 1.82) is 0 Å². The average Bonchev–Trinajstić information content (AvgIpc) is 3.21. The van der Waals surface area contributed by atoms with Gasteiger partial charge in [0.15, 0.2) is 0 Å². The van der Waals surface area contributed by atoms with Gasteiger partial charge in [-0.3, -0.25) is 4.90 Å². The molecule has 1 atom stereocenters. The Morgan fingerprint density at radius 3 is 3.10 bits per heavy atom. The van der Waals surface area contributed by atoms with E-state index in [1.165, 1.54) is 53.8 Å². The second kappa shape index (κ2) is 6.34. The Morgan fingerprint density at radius 1 is 1.38 bits per heavy atom. The fourth-order valence-corrected chi connectivity index (χ4v) is 5.18. The number of hydrogen-bond donors (Lipinski definition) is 1. The van der Waals surface area contributed by atoms with E-state index in [1.807, 2.05) is 11.3 Å². The van der Waals surface area contributed by atoms with Crippen LogP contribution >= 0.6 is 35.1 Å².